The van der Waals surface area contributed by atoms with Gasteiger partial charge in [-0.1, -0.05) is 20.8 Å². The molecule has 0 amide bonds. The zero-order chi connectivity index (χ0) is 12.0. The highest BCUT2D eigenvalue weighted by Crippen LogP contribution is 2.21. The number of aromatic nitrogens is 1. The summed E-state index contributed by atoms with van der Waals surface area (Å²) in [4.78, 5) is 7.97. The predicted octanol–water partition coefficient (Wildman–Crippen LogP) is 2.73. The average molecular weight is 241 g/mol. The van der Waals surface area contributed by atoms with Gasteiger partial charge >= 0.3 is 0 Å². The van der Waals surface area contributed by atoms with Crippen LogP contribution in [0.5, 0.6) is 0 Å². The molecule has 1 heterocycles. The monoisotopic (exact) mass is 241 g/mol. The van der Waals surface area contributed by atoms with Crippen LogP contribution in [-0.4, -0.2) is 25.1 Å². The molecular weight excluding hydrogens is 218 g/mol. The lowest BCUT2D eigenvalue weighted by Crippen LogP contribution is -2.18. The zero-order valence-corrected chi connectivity index (χ0v) is 11.6. The summed E-state index contributed by atoms with van der Waals surface area (Å²) in [5.41, 5.74) is 0. The minimum absolute atomic E-state index is 0.704. The molecule has 0 aromatic carbocycles. The highest BCUT2D eigenvalue weighted by Gasteiger charge is 2.05. The van der Waals surface area contributed by atoms with E-state index in [1.54, 1.807) is 11.3 Å². The van der Waals surface area contributed by atoms with Crippen molar-refractivity contribution in [2.75, 3.05) is 25.0 Å². The molecule has 1 aromatic heterocycles. The number of nitrogens with one attached hydrogen (secondary N) is 1. The maximum Gasteiger partial charge on any atom is 0.185 e. The maximum absolute atomic E-state index is 4.44. The van der Waals surface area contributed by atoms with E-state index in [0.717, 1.165) is 31.2 Å². The maximum atomic E-state index is 4.44. The van der Waals surface area contributed by atoms with Crippen LogP contribution in [-0.2, 0) is 6.54 Å². The van der Waals surface area contributed by atoms with E-state index in [4.69, 9.17) is 0 Å². The standard InChI is InChI=1S/C12H23N3S/c1-5-6-15(4)12-14-9-11(16-12)8-13-7-10(2)3/h9-10,13H,5-8H2,1-4H3. The smallest absolute Gasteiger partial charge is 0.185 e. The summed E-state index contributed by atoms with van der Waals surface area (Å²) in [7, 11) is 2.10. The number of rotatable bonds is 7. The molecule has 0 spiro atoms. The lowest BCUT2D eigenvalue weighted by atomic mass is 10.2. The number of thiazole rings is 1. The summed E-state index contributed by atoms with van der Waals surface area (Å²) >= 11 is 1.78. The zero-order valence-electron chi connectivity index (χ0n) is 10.8. The third kappa shape index (κ3) is 4.49. The minimum Gasteiger partial charge on any atom is -0.351 e. The van der Waals surface area contributed by atoms with Crippen LogP contribution in [0, 0.1) is 5.92 Å². The van der Waals surface area contributed by atoms with Gasteiger partial charge in [-0.3, -0.25) is 0 Å². The molecule has 0 atom stereocenters. The quantitative estimate of drug-likeness (QED) is 0.795. The van der Waals surface area contributed by atoms with Crippen molar-refractivity contribution in [3.8, 4) is 0 Å². The van der Waals surface area contributed by atoms with Crippen molar-refractivity contribution in [3.63, 3.8) is 0 Å². The third-order valence-electron chi connectivity index (χ3n) is 2.28. The molecule has 0 unspecified atom stereocenters. The van der Waals surface area contributed by atoms with Crippen LogP contribution in [0.4, 0.5) is 5.13 Å². The highest BCUT2D eigenvalue weighted by molar-refractivity contribution is 7.15. The van der Waals surface area contributed by atoms with E-state index in [1.807, 2.05) is 6.20 Å². The Kier molecular flexibility index (Phi) is 5.77. The molecule has 0 saturated heterocycles. The van der Waals surface area contributed by atoms with Gasteiger partial charge in [-0.25, -0.2) is 4.98 Å². The van der Waals surface area contributed by atoms with Crippen LogP contribution in [0.2, 0.25) is 0 Å². The Labute approximate surface area is 103 Å². The number of anilines is 1. The molecule has 92 valence electrons. The fraction of sp³-hybridized carbons (Fsp3) is 0.750. The van der Waals surface area contributed by atoms with Gasteiger partial charge < -0.3 is 10.2 Å². The van der Waals surface area contributed by atoms with Gasteiger partial charge in [0.1, 0.15) is 0 Å². The van der Waals surface area contributed by atoms with Crippen molar-refractivity contribution in [3.05, 3.63) is 11.1 Å². The summed E-state index contributed by atoms with van der Waals surface area (Å²) in [5.74, 6) is 0.704. The molecule has 0 aliphatic heterocycles. The average Bonchev–Trinajstić information content (AvgIpc) is 2.66. The van der Waals surface area contributed by atoms with Crippen molar-refractivity contribution >= 4 is 16.5 Å². The molecule has 0 bridgehead atoms. The molecule has 1 N–H and O–H groups in total. The van der Waals surface area contributed by atoms with Gasteiger partial charge in [0.25, 0.3) is 0 Å². The second-order valence-corrected chi connectivity index (χ2v) is 5.65. The van der Waals surface area contributed by atoms with E-state index in [-0.39, 0.29) is 0 Å². The summed E-state index contributed by atoms with van der Waals surface area (Å²) in [6.45, 7) is 9.72. The second kappa shape index (κ2) is 6.86. The van der Waals surface area contributed by atoms with Crippen LogP contribution < -0.4 is 10.2 Å². The Bertz CT molecular complexity index is 296. The lowest BCUT2D eigenvalue weighted by molar-refractivity contribution is 0.554. The van der Waals surface area contributed by atoms with Gasteiger partial charge in [-0.2, -0.15) is 0 Å². The van der Waals surface area contributed by atoms with Gasteiger partial charge in [0.2, 0.25) is 0 Å². The first-order valence-corrected chi connectivity index (χ1v) is 6.81. The van der Waals surface area contributed by atoms with E-state index in [0.29, 0.717) is 5.92 Å². The molecule has 4 heteroatoms. The fourth-order valence-corrected chi connectivity index (χ4v) is 2.34. The number of hydrogen-bond donors (Lipinski definition) is 1. The van der Waals surface area contributed by atoms with Gasteiger partial charge in [-0.15, -0.1) is 11.3 Å². The van der Waals surface area contributed by atoms with E-state index in [2.05, 4.69) is 43.0 Å². The van der Waals surface area contributed by atoms with Gasteiger partial charge in [0.05, 0.1) is 0 Å². The van der Waals surface area contributed by atoms with E-state index in [1.165, 1.54) is 4.88 Å². The number of nitrogens with zero attached hydrogens (tertiary/aromatic N) is 2. The lowest BCUT2D eigenvalue weighted by Gasteiger charge is -2.13. The predicted molar refractivity (Wildman–Crippen MR) is 72.2 cm³/mol. The first-order valence-electron chi connectivity index (χ1n) is 6.00. The molecule has 0 radical (unpaired) electrons. The van der Waals surface area contributed by atoms with Crippen LogP contribution >= 0.6 is 11.3 Å². The van der Waals surface area contributed by atoms with Crippen molar-refractivity contribution < 1.29 is 0 Å². The molecule has 1 rings (SSSR count). The normalized spacial score (nSPS) is 11.1. The summed E-state index contributed by atoms with van der Waals surface area (Å²) in [6, 6.07) is 0. The Balaban J connectivity index is 2.39. The first kappa shape index (κ1) is 13.5. The first-order chi connectivity index (χ1) is 7.63. The largest absolute Gasteiger partial charge is 0.351 e. The highest BCUT2D eigenvalue weighted by atomic mass is 32.1. The van der Waals surface area contributed by atoms with Crippen molar-refractivity contribution in [2.24, 2.45) is 5.92 Å². The van der Waals surface area contributed by atoms with Crippen LogP contribution in [0.3, 0.4) is 0 Å². The summed E-state index contributed by atoms with van der Waals surface area (Å²) < 4.78 is 0. The molecule has 0 saturated carbocycles. The molecule has 0 aliphatic carbocycles. The van der Waals surface area contributed by atoms with E-state index < -0.39 is 0 Å². The minimum atomic E-state index is 0.704. The SMILES string of the molecule is CCCN(C)c1ncc(CNCC(C)C)s1. The molecule has 16 heavy (non-hydrogen) atoms. The van der Waals surface area contributed by atoms with Gasteiger partial charge in [-0.05, 0) is 18.9 Å². The van der Waals surface area contributed by atoms with E-state index >= 15 is 0 Å². The van der Waals surface area contributed by atoms with Gasteiger partial charge in [0.15, 0.2) is 5.13 Å². The Morgan fingerprint density at radius 3 is 2.88 bits per heavy atom. The second-order valence-electron chi connectivity index (χ2n) is 4.56. The van der Waals surface area contributed by atoms with Crippen LogP contribution in [0.1, 0.15) is 32.1 Å². The summed E-state index contributed by atoms with van der Waals surface area (Å²) in [6.07, 6.45) is 3.15. The topological polar surface area (TPSA) is 28.2 Å². The molecular formula is C12H23N3S. The van der Waals surface area contributed by atoms with Crippen molar-refractivity contribution in [1.29, 1.82) is 0 Å². The third-order valence-corrected chi connectivity index (χ3v) is 3.39. The Hall–Kier alpha value is -0.610. The molecule has 1 aromatic rings. The van der Waals surface area contributed by atoms with Crippen LogP contribution in [0.25, 0.3) is 0 Å². The number of hydrogen-bond acceptors (Lipinski definition) is 4. The fourth-order valence-electron chi connectivity index (χ4n) is 1.47. The molecule has 0 aliphatic rings. The van der Waals surface area contributed by atoms with E-state index in [9.17, 15) is 0 Å². The van der Waals surface area contributed by atoms with Crippen molar-refractivity contribution in [1.82, 2.24) is 10.3 Å². The Morgan fingerprint density at radius 1 is 1.50 bits per heavy atom. The molecule has 3 nitrogen and oxygen atoms in total. The van der Waals surface area contributed by atoms with Gasteiger partial charge in [0, 0.05) is 31.2 Å². The Morgan fingerprint density at radius 2 is 2.25 bits per heavy atom. The summed E-state index contributed by atoms with van der Waals surface area (Å²) in [5, 5.41) is 4.57. The molecule has 0 fully saturated rings. The van der Waals surface area contributed by atoms with Crippen LogP contribution in [0.15, 0.2) is 6.20 Å². The van der Waals surface area contributed by atoms with Crippen molar-refractivity contribution in [2.45, 2.75) is 33.7 Å².